The van der Waals surface area contributed by atoms with Crippen molar-refractivity contribution in [3.8, 4) is 11.3 Å². The van der Waals surface area contributed by atoms with Gasteiger partial charge in [0, 0.05) is 35.3 Å². The van der Waals surface area contributed by atoms with Crippen LogP contribution in [0.5, 0.6) is 0 Å². The van der Waals surface area contributed by atoms with E-state index in [0.29, 0.717) is 5.92 Å². The Hall–Kier alpha value is -1.45. The fraction of sp³-hybridized carbons (Fsp3) is 0.286. The SMILES string of the molecule is Cc1cc(-c2ccc(Cl)cc2)nc(C2CNC2)n1. The van der Waals surface area contributed by atoms with E-state index in [1.165, 1.54) is 0 Å². The highest BCUT2D eigenvalue weighted by Gasteiger charge is 2.22. The molecule has 92 valence electrons. The minimum atomic E-state index is 0.455. The monoisotopic (exact) mass is 259 g/mol. The standard InChI is InChI=1S/C14H14ClN3/c1-9-6-13(10-2-4-12(15)5-3-10)18-14(17-9)11-7-16-8-11/h2-6,11,16H,7-8H2,1H3. The van der Waals surface area contributed by atoms with Gasteiger partial charge in [-0.05, 0) is 25.1 Å². The molecule has 3 rings (SSSR count). The van der Waals surface area contributed by atoms with Crippen LogP contribution in [0.15, 0.2) is 30.3 Å². The minimum absolute atomic E-state index is 0.455. The summed E-state index contributed by atoms with van der Waals surface area (Å²) in [4.78, 5) is 9.18. The zero-order valence-corrected chi connectivity index (χ0v) is 10.9. The highest BCUT2D eigenvalue weighted by Crippen LogP contribution is 2.23. The fourth-order valence-electron chi connectivity index (χ4n) is 2.01. The van der Waals surface area contributed by atoms with Crippen LogP contribution >= 0.6 is 11.6 Å². The molecular formula is C14H14ClN3. The lowest BCUT2D eigenvalue weighted by atomic mass is 10.0. The summed E-state index contributed by atoms with van der Waals surface area (Å²) in [6, 6.07) is 9.77. The molecule has 1 aromatic carbocycles. The van der Waals surface area contributed by atoms with Crippen molar-refractivity contribution in [2.24, 2.45) is 0 Å². The van der Waals surface area contributed by atoms with Crippen LogP contribution in [-0.4, -0.2) is 23.1 Å². The quantitative estimate of drug-likeness (QED) is 0.901. The van der Waals surface area contributed by atoms with E-state index in [0.717, 1.165) is 40.9 Å². The zero-order valence-electron chi connectivity index (χ0n) is 10.2. The van der Waals surface area contributed by atoms with Gasteiger partial charge in [-0.3, -0.25) is 0 Å². The molecule has 0 bridgehead atoms. The van der Waals surface area contributed by atoms with Crippen LogP contribution in [0.25, 0.3) is 11.3 Å². The molecule has 0 aliphatic carbocycles. The van der Waals surface area contributed by atoms with Gasteiger partial charge in [0.2, 0.25) is 0 Å². The van der Waals surface area contributed by atoms with Gasteiger partial charge in [-0.15, -0.1) is 0 Å². The number of nitrogens with one attached hydrogen (secondary N) is 1. The maximum absolute atomic E-state index is 5.90. The molecule has 1 saturated heterocycles. The second-order valence-electron chi connectivity index (χ2n) is 4.61. The van der Waals surface area contributed by atoms with Crippen molar-refractivity contribution >= 4 is 11.6 Å². The third-order valence-corrected chi connectivity index (χ3v) is 3.41. The Morgan fingerprint density at radius 3 is 2.50 bits per heavy atom. The Balaban J connectivity index is 2.00. The molecule has 2 aromatic rings. The second-order valence-corrected chi connectivity index (χ2v) is 5.05. The third kappa shape index (κ3) is 2.24. The summed E-state index contributed by atoms with van der Waals surface area (Å²) in [5.74, 6) is 1.40. The molecule has 3 nitrogen and oxygen atoms in total. The normalized spacial score (nSPS) is 15.4. The van der Waals surface area contributed by atoms with E-state index in [1.54, 1.807) is 0 Å². The molecule has 1 aromatic heterocycles. The van der Waals surface area contributed by atoms with Gasteiger partial charge in [0.25, 0.3) is 0 Å². The first-order chi connectivity index (χ1) is 8.72. The first kappa shape index (κ1) is 11.6. The van der Waals surface area contributed by atoms with Gasteiger partial charge in [-0.2, -0.15) is 0 Å². The van der Waals surface area contributed by atoms with E-state index >= 15 is 0 Å². The number of hydrogen-bond acceptors (Lipinski definition) is 3. The molecule has 1 aliphatic heterocycles. The summed E-state index contributed by atoms with van der Waals surface area (Å²) in [7, 11) is 0. The van der Waals surface area contributed by atoms with Crippen LogP contribution < -0.4 is 5.32 Å². The van der Waals surface area contributed by atoms with E-state index in [1.807, 2.05) is 37.3 Å². The zero-order chi connectivity index (χ0) is 12.5. The molecule has 1 fully saturated rings. The first-order valence-electron chi connectivity index (χ1n) is 6.04. The Labute approximate surface area is 111 Å². The number of benzene rings is 1. The maximum atomic E-state index is 5.90. The van der Waals surface area contributed by atoms with Crippen LogP contribution in [0, 0.1) is 6.92 Å². The van der Waals surface area contributed by atoms with Crippen molar-refractivity contribution in [2.75, 3.05) is 13.1 Å². The lowest BCUT2D eigenvalue weighted by molar-refractivity contribution is 0.429. The summed E-state index contributed by atoms with van der Waals surface area (Å²) in [5.41, 5.74) is 3.07. The van der Waals surface area contributed by atoms with E-state index < -0.39 is 0 Å². The molecule has 2 heterocycles. The molecule has 1 aliphatic rings. The maximum Gasteiger partial charge on any atom is 0.134 e. The lowest BCUT2D eigenvalue weighted by Crippen LogP contribution is -2.41. The summed E-state index contributed by atoms with van der Waals surface area (Å²) in [5, 5.41) is 3.99. The fourth-order valence-corrected chi connectivity index (χ4v) is 2.14. The van der Waals surface area contributed by atoms with E-state index in [2.05, 4.69) is 15.3 Å². The van der Waals surface area contributed by atoms with E-state index in [4.69, 9.17) is 11.6 Å². The molecule has 4 heteroatoms. The summed E-state index contributed by atoms with van der Waals surface area (Å²) in [6.07, 6.45) is 0. The molecule has 18 heavy (non-hydrogen) atoms. The molecule has 0 spiro atoms. The van der Waals surface area contributed by atoms with Gasteiger partial charge in [0.15, 0.2) is 0 Å². The minimum Gasteiger partial charge on any atom is -0.315 e. The second kappa shape index (κ2) is 4.67. The van der Waals surface area contributed by atoms with Crippen LogP contribution in [0.4, 0.5) is 0 Å². The van der Waals surface area contributed by atoms with Crippen molar-refractivity contribution in [3.05, 3.63) is 46.9 Å². The van der Waals surface area contributed by atoms with Crippen LogP contribution in [0.1, 0.15) is 17.4 Å². The van der Waals surface area contributed by atoms with Crippen LogP contribution in [-0.2, 0) is 0 Å². The highest BCUT2D eigenvalue weighted by atomic mass is 35.5. The van der Waals surface area contributed by atoms with Gasteiger partial charge in [-0.1, -0.05) is 23.7 Å². The van der Waals surface area contributed by atoms with Crippen molar-refractivity contribution in [3.63, 3.8) is 0 Å². The van der Waals surface area contributed by atoms with E-state index in [9.17, 15) is 0 Å². The predicted molar refractivity (Wildman–Crippen MR) is 72.8 cm³/mol. The van der Waals surface area contributed by atoms with Crippen LogP contribution in [0.2, 0.25) is 5.02 Å². The Morgan fingerprint density at radius 1 is 1.17 bits per heavy atom. The largest absolute Gasteiger partial charge is 0.315 e. The van der Waals surface area contributed by atoms with Gasteiger partial charge in [0.05, 0.1) is 5.69 Å². The van der Waals surface area contributed by atoms with Gasteiger partial charge < -0.3 is 5.32 Å². The topological polar surface area (TPSA) is 37.8 Å². The molecule has 0 amide bonds. The number of aryl methyl sites for hydroxylation is 1. The van der Waals surface area contributed by atoms with Gasteiger partial charge in [0.1, 0.15) is 5.82 Å². The van der Waals surface area contributed by atoms with Crippen molar-refractivity contribution in [2.45, 2.75) is 12.8 Å². The number of halogens is 1. The van der Waals surface area contributed by atoms with Crippen LogP contribution in [0.3, 0.4) is 0 Å². The number of rotatable bonds is 2. The van der Waals surface area contributed by atoms with Crippen molar-refractivity contribution in [1.82, 2.24) is 15.3 Å². The molecule has 0 radical (unpaired) electrons. The van der Waals surface area contributed by atoms with E-state index in [-0.39, 0.29) is 0 Å². The average molecular weight is 260 g/mol. The third-order valence-electron chi connectivity index (χ3n) is 3.16. The smallest absolute Gasteiger partial charge is 0.134 e. The molecule has 1 N–H and O–H groups in total. The Kier molecular flexibility index (Phi) is 3.02. The predicted octanol–water partition coefficient (Wildman–Crippen LogP) is 2.79. The Morgan fingerprint density at radius 2 is 1.89 bits per heavy atom. The Bertz CT molecular complexity index is 562. The molecule has 0 unspecified atom stereocenters. The highest BCUT2D eigenvalue weighted by molar-refractivity contribution is 6.30. The average Bonchev–Trinajstić information content (AvgIpc) is 2.26. The van der Waals surface area contributed by atoms with Gasteiger partial charge >= 0.3 is 0 Å². The summed E-state index contributed by atoms with van der Waals surface area (Å²) < 4.78 is 0. The molecule has 0 atom stereocenters. The number of hydrogen-bond donors (Lipinski definition) is 1. The lowest BCUT2D eigenvalue weighted by Gasteiger charge is -2.26. The van der Waals surface area contributed by atoms with Gasteiger partial charge in [-0.25, -0.2) is 9.97 Å². The van der Waals surface area contributed by atoms with Crippen molar-refractivity contribution in [1.29, 1.82) is 0 Å². The molecular weight excluding hydrogens is 246 g/mol. The molecule has 0 saturated carbocycles. The van der Waals surface area contributed by atoms with Crippen molar-refractivity contribution < 1.29 is 0 Å². The number of nitrogens with zero attached hydrogens (tertiary/aromatic N) is 2. The summed E-state index contributed by atoms with van der Waals surface area (Å²) >= 11 is 5.90. The summed E-state index contributed by atoms with van der Waals surface area (Å²) in [6.45, 7) is 3.96. The first-order valence-corrected chi connectivity index (χ1v) is 6.42. The number of aromatic nitrogens is 2.